The summed E-state index contributed by atoms with van der Waals surface area (Å²) >= 11 is 6.18. The van der Waals surface area contributed by atoms with Gasteiger partial charge in [0.2, 0.25) is 0 Å². The lowest BCUT2D eigenvalue weighted by Gasteiger charge is -2.26. The predicted octanol–water partition coefficient (Wildman–Crippen LogP) is 5.18. The maximum Gasteiger partial charge on any atom is 0.0455 e. The number of fused-ring (bicyclic) bond motifs is 1. The highest BCUT2D eigenvalue weighted by Crippen LogP contribution is 2.31. The molecule has 1 aliphatic carbocycles. The van der Waals surface area contributed by atoms with E-state index in [4.69, 9.17) is 11.6 Å². The van der Waals surface area contributed by atoms with Crippen LogP contribution in [0, 0.1) is 6.92 Å². The average Bonchev–Trinajstić information content (AvgIpc) is 2.48. The largest absolute Gasteiger partial charge is 0.384 e. The summed E-state index contributed by atoms with van der Waals surface area (Å²) in [6.45, 7) is 3.01. The first-order chi connectivity index (χ1) is 9.74. The van der Waals surface area contributed by atoms with Crippen LogP contribution < -0.4 is 5.32 Å². The Labute approximate surface area is 126 Å². The normalized spacial score (nSPS) is 17.6. The van der Waals surface area contributed by atoms with Gasteiger partial charge in [0.25, 0.3) is 0 Å². The SMILES string of the molecule is Cc1ccc(NCC2CCCc3ccccc32)cc1Cl. The van der Waals surface area contributed by atoms with Crippen LogP contribution in [0.3, 0.4) is 0 Å². The standard InChI is InChI=1S/C18H20ClN/c1-13-9-10-16(11-18(13)19)20-12-15-7-4-6-14-5-2-3-8-17(14)15/h2-3,5,8-11,15,20H,4,6-7,12H2,1H3. The van der Waals surface area contributed by atoms with Crippen molar-refractivity contribution in [3.8, 4) is 0 Å². The van der Waals surface area contributed by atoms with Gasteiger partial charge in [-0.1, -0.05) is 41.9 Å². The van der Waals surface area contributed by atoms with Crippen LogP contribution in [0.4, 0.5) is 5.69 Å². The average molecular weight is 286 g/mol. The van der Waals surface area contributed by atoms with E-state index in [1.807, 2.05) is 13.0 Å². The van der Waals surface area contributed by atoms with Crippen molar-refractivity contribution in [2.45, 2.75) is 32.1 Å². The zero-order chi connectivity index (χ0) is 13.9. The molecule has 3 rings (SSSR count). The quantitative estimate of drug-likeness (QED) is 0.819. The maximum absolute atomic E-state index is 6.18. The van der Waals surface area contributed by atoms with Crippen LogP contribution in [-0.4, -0.2) is 6.54 Å². The molecule has 1 atom stereocenters. The number of aryl methyl sites for hydroxylation is 2. The molecule has 0 amide bonds. The van der Waals surface area contributed by atoms with E-state index in [0.717, 1.165) is 22.8 Å². The number of rotatable bonds is 3. The van der Waals surface area contributed by atoms with Gasteiger partial charge < -0.3 is 5.32 Å². The topological polar surface area (TPSA) is 12.0 Å². The molecular formula is C18H20ClN. The predicted molar refractivity (Wildman–Crippen MR) is 86.8 cm³/mol. The van der Waals surface area contributed by atoms with Crippen molar-refractivity contribution in [1.29, 1.82) is 0 Å². The minimum atomic E-state index is 0.611. The van der Waals surface area contributed by atoms with Gasteiger partial charge in [-0.15, -0.1) is 0 Å². The van der Waals surface area contributed by atoms with Crippen LogP contribution in [-0.2, 0) is 6.42 Å². The van der Waals surface area contributed by atoms with Crippen LogP contribution in [0.2, 0.25) is 5.02 Å². The highest BCUT2D eigenvalue weighted by molar-refractivity contribution is 6.31. The van der Waals surface area contributed by atoms with Gasteiger partial charge in [-0.2, -0.15) is 0 Å². The monoisotopic (exact) mass is 285 g/mol. The van der Waals surface area contributed by atoms with Gasteiger partial charge in [-0.25, -0.2) is 0 Å². The molecule has 0 spiro atoms. The van der Waals surface area contributed by atoms with Gasteiger partial charge in [0.15, 0.2) is 0 Å². The van der Waals surface area contributed by atoms with E-state index in [2.05, 4.69) is 41.7 Å². The van der Waals surface area contributed by atoms with Crippen molar-refractivity contribution in [2.75, 3.05) is 11.9 Å². The second-order valence-electron chi connectivity index (χ2n) is 5.63. The van der Waals surface area contributed by atoms with Crippen molar-refractivity contribution in [1.82, 2.24) is 0 Å². The fourth-order valence-electron chi connectivity index (χ4n) is 3.01. The third kappa shape index (κ3) is 2.83. The first kappa shape index (κ1) is 13.5. The second-order valence-corrected chi connectivity index (χ2v) is 6.04. The molecule has 0 heterocycles. The van der Waals surface area contributed by atoms with Gasteiger partial charge in [-0.3, -0.25) is 0 Å². The van der Waals surface area contributed by atoms with E-state index in [1.54, 1.807) is 0 Å². The van der Waals surface area contributed by atoms with Crippen molar-refractivity contribution >= 4 is 17.3 Å². The Bertz CT molecular complexity index is 606. The molecule has 1 nitrogen and oxygen atoms in total. The van der Waals surface area contributed by atoms with E-state index in [0.29, 0.717) is 5.92 Å². The zero-order valence-corrected chi connectivity index (χ0v) is 12.6. The molecule has 0 saturated carbocycles. The summed E-state index contributed by atoms with van der Waals surface area (Å²) in [5, 5.41) is 4.37. The molecule has 0 radical (unpaired) electrons. The molecule has 104 valence electrons. The van der Waals surface area contributed by atoms with Crippen LogP contribution >= 0.6 is 11.6 Å². The van der Waals surface area contributed by atoms with Crippen molar-refractivity contribution in [3.63, 3.8) is 0 Å². The van der Waals surface area contributed by atoms with Gasteiger partial charge in [0.05, 0.1) is 0 Å². The number of anilines is 1. The smallest absolute Gasteiger partial charge is 0.0455 e. The summed E-state index contributed by atoms with van der Waals surface area (Å²) < 4.78 is 0. The lowest BCUT2D eigenvalue weighted by molar-refractivity contribution is 0.572. The van der Waals surface area contributed by atoms with Crippen molar-refractivity contribution < 1.29 is 0 Å². The van der Waals surface area contributed by atoms with Crippen LogP contribution in [0.25, 0.3) is 0 Å². The van der Waals surface area contributed by atoms with Gasteiger partial charge >= 0.3 is 0 Å². The van der Waals surface area contributed by atoms with E-state index in [-0.39, 0.29) is 0 Å². The molecule has 0 aromatic heterocycles. The highest BCUT2D eigenvalue weighted by Gasteiger charge is 2.19. The summed E-state index contributed by atoms with van der Waals surface area (Å²) in [6.07, 6.45) is 3.78. The van der Waals surface area contributed by atoms with E-state index >= 15 is 0 Å². The summed E-state index contributed by atoms with van der Waals surface area (Å²) in [4.78, 5) is 0. The molecule has 0 bridgehead atoms. The van der Waals surface area contributed by atoms with Crippen LogP contribution in [0.1, 0.15) is 35.4 Å². The lowest BCUT2D eigenvalue weighted by atomic mass is 9.83. The Kier molecular flexibility index (Phi) is 3.98. The fraction of sp³-hybridized carbons (Fsp3) is 0.333. The summed E-state index contributed by atoms with van der Waals surface area (Å²) in [7, 11) is 0. The number of benzene rings is 2. The number of hydrogen-bond donors (Lipinski definition) is 1. The molecular weight excluding hydrogens is 266 g/mol. The number of halogens is 1. The Balaban J connectivity index is 1.71. The molecule has 1 unspecified atom stereocenters. The molecule has 0 aliphatic heterocycles. The zero-order valence-electron chi connectivity index (χ0n) is 11.8. The molecule has 1 aliphatic rings. The molecule has 0 saturated heterocycles. The molecule has 1 N–H and O–H groups in total. The first-order valence-corrected chi connectivity index (χ1v) is 7.69. The second kappa shape index (κ2) is 5.88. The summed E-state index contributed by atoms with van der Waals surface area (Å²) in [6, 6.07) is 15.0. The lowest BCUT2D eigenvalue weighted by Crippen LogP contribution is -2.18. The Morgan fingerprint density at radius 2 is 2.05 bits per heavy atom. The molecule has 2 heteroatoms. The maximum atomic E-state index is 6.18. The molecule has 2 aromatic rings. The number of hydrogen-bond acceptors (Lipinski definition) is 1. The molecule has 2 aromatic carbocycles. The Morgan fingerprint density at radius 1 is 1.20 bits per heavy atom. The third-order valence-corrected chi connectivity index (χ3v) is 4.63. The number of nitrogens with one attached hydrogen (secondary N) is 1. The van der Waals surface area contributed by atoms with Crippen LogP contribution in [0.5, 0.6) is 0 Å². The third-order valence-electron chi connectivity index (χ3n) is 4.22. The minimum Gasteiger partial charge on any atom is -0.384 e. The van der Waals surface area contributed by atoms with E-state index in [9.17, 15) is 0 Å². The Hall–Kier alpha value is -1.47. The van der Waals surface area contributed by atoms with Crippen molar-refractivity contribution in [2.24, 2.45) is 0 Å². The molecule has 0 fully saturated rings. The summed E-state index contributed by atoms with van der Waals surface area (Å²) in [5.74, 6) is 0.611. The van der Waals surface area contributed by atoms with Gasteiger partial charge in [0, 0.05) is 23.2 Å². The van der Waals surface area contributed by atoms with Gasteiger partial charge in [-0.05, 0) is 55.0 Å². The summed E-state index contributed by atoms with van der Waals surface area (Å²) in [5.41, 5.74) is 5.28. The highest BCUT2D eigenvalue weighted by atomic mass is 35.5. The van der Waals surface area contributed by atoms with E-state index in [1.165, 1.54) is 30.4 Å². The van der Waals surface area contributed by atoms with E-state index < -0.39 is 0 Å². The van der Waals surface area contributed by atoms with Crippen LogP contribution in [0.15, 0.2) is 42.5 Å². The van der Waals surface area contributed by atoms with Crippen molar-refractivity contribution in [3.05, 3.63) is 64.2 Å². The molecule has 20 heavy (non-hydrogen) atoms. The Morgan fingerprint density at radius 3 is 2.90 bits per heavy atom. The minimum absolute atomic E-state index is 0.611. The van der Waals surface area contributed by atoms with Gasteiger partial charge in [0.1, 0.15) is 0 Å². The fourth-order valence-corrected chi connectivity index (χ4v) is 3.19. The first-order valence-electron chi connectivity index (χ1n) is 7.32.